The summed E-state index contributed by atoms with van der Waals surface area (Å²) < 4.78 is 39.2. The fraction of sp³-hybridized carbons (Fsp3) is 0.727. The number of hydrogen-bond acceptors (Lipinski definition) is 5. The van der Waals surface area contributed by atoms with Crippen LogP contribution in [-0.2, 0) is 6.54 Å². The lowest BCUT2D eigenvalue weighted by atomic mass is 9.73. The molecule has 1 aliphatic heterocycles. The molecule has 3 heterocycles. The molecule has 0 radical (unpaired) electrons. The molecule has 1 aliphatic carbocycles. The van der Waals surface area contributed by atoms with E-state index in [0.717, 1.165) is 15.9 Å². The molecule has 0 atom stereocenters. The van der Waals surface area contributed by atoms with E-state index in [2.05, 4.69) is 29.9 Å². The van der Waals surface area contributed by atoms with Gasteiger partial charge in [-0.3, -0.25) is 4.90 Å². The Labute approximate surface area is 179 Å². The Balaban J connectivity index is 1.52. The van der Waals surface area contributed by atoms with Crippen molar-refractivity contribution in [3.8, 4) is 0 Å². The zero-order valence-corrected chi connectivity index (χ0v) is 18.7. The molecular formula is C22H30F3N3OS. The van der Waals surface area contributed by atoms with Gasteiger partial charge in [-0.15, -0.1) is 11.3 Å². The number of nitrogens with zero attached hydrogens (tertiary/aromatic N) is 3. The number of aryl methyl sites for hydroxylation is 1. The minimum atomic E-state index is -4.57. The molecule has 0 spiro atoms. The molecule has 4 rings (SSSR count). The van der Waals surface area contributed by atoms with Crippen molar-refractivity contribution in [3.63, 3.8) is 0 Å². The highest BCUT2D eigenvalue weighted by Crippen LogP contribution is 2.45. The van der Waals surface area contributed by atoms with Gasteiger partial charge in [0, 0.05) is 29.9 Å². The van der Waals surface area contributed by atoms with Crippen LogP contribution in [0.4, 0.5) is 13.2 Å². The van der Waals surface area contributed by atoms with Crippen LogP contribution in [-0.4, -0.2) is 44.8 Å². The first-order valence-corrected chi connectivity index (χ1v) is 11.6. The van der Waals surface area contributed by atoms with Gasteiger partial charge in [-0.25, -0.2) is 9.97 Å². The lowest BCUT2D eigenvalue weighted by Gasteiger charge is -2.39. The summed E-state index contributed by atoms with van der Waals surface area (Å²) in [6, 6.07) is 2.22. The maximum absolute atomic E-state index is 13.1. The van der Waals surface area contributed by atoms with Gasteiger partial charge in [-0.2, -0.15) is 13.2 Å². The van der Waals surface area contributed by atoms with Crippen LogP contribution in [0.25, 0.3) is 10.2 Å². The monoisotopic (exact) mass is 441 g/mol. The van der Waals surface area contributed by atoms with E-state index >= 15 is 0 Å². The minimum Gasteiger partial charge on any atom is -0.380 e. The number of hydrogen-bond donors (Lipinski definition) is 1. The topological polar surface area (TPSA) is 49.2 Å². The van der Waals surface area contributed by atoms with Crippen molar-refractivity contribution < 1.29 is 18.3 Å². The largest absolute Gasteiger partial charge is 0.417 e. The summed E-state index contributed by atoms with van der Waals surface area (Å²) in [7, 11) is 0. The van der Waals surface area contributed by atoms with Crippen molar-refractivity contribution in [2.24, 2.45) is 5.41 Å². The molecule has 30 heavy (non-hydrogen) atoms. The highest BCUT2D eigenvalue weighted by Gasteiger charge is 2.54. The number of aromatic nitrogens is 2. The van der Waals surface area contributed by atoms with Gasteiger partial charge in [0.2, 0.25) is 0 Å². The Hall–Kier alpha value is -1.25. The highest BCUT2D eigenvalue weighted by atomic mass is 32.1. The second kappa shape index (κ2) is 7.71. The summed E-state index contributed by atoms with van der Waals surface area (Å²) in [6.07, 6.45) is -0.353. The number of alkyl halides is 3. The van der Waals surface area contributed by atoms with Crippen molar-refractivity contribution in [3.05, 3.63) is 22.5 Å². The molecule has 0 amide bonds. The highest BCUT2D eigenvalue weighted by molar-refractivity contribution is 7.18. The first-order valence-electron chi connectivity index (χ1n) is 10.7. The molecule has 0 unspecified atom stereocenters. The third kappa shape index (κ3) is 4.36. The molecule has 1 saturated carbocycles. The van der Waals surface area contributed by atoms with E-state index in [-0.39, 0.29) is 25.9 Å². The van der Waals surface area contributed by atoms with Crippen LogP contribution in [0.2, 0.25) is 0 Å². The first-order chi connectivity index (χ1) is 14.0. The summed E-state index contributed by atoms with van der Waals surface area (Å²) in [5, 5.41) is 10.9. The number of aliphatic hydroxyl groups is 1. The van der Waals surface area contributed by atoms with E-state index in [1.165, 1.54) is 30.6 Å². The van der Waals surface area contributed by atoms with Crippen LogP contribution in [0.1, 0.15) is 74.7 Å². The predicted molar refractivity (Wildman–Crippen MR) is 113 cm³/mol. The Morgan fingerprint density at radius 1 is 1.13 bits per heavy atom. The van der Waals surface area contributed by atoms with Gasteiger partial charge >= 0.3 is 6.18 Å². The lowest BCUT2D eigenvalue weighted by Crippen LogP contribution is -2.53. The Bertz CT molecular complexity index is 906. The summed E-state index contributed by atoms with van der Waals surface area (Å²) in [4.78, 5) is 13.5. The number of fused-ring (bicyclic) bond motifs is 1. The Morgan fingerprint density at radius 2 is 1.77 bits per heavy atom. The summed E-state index contributed by atoms with van der Waals surface area (Å²) in [6.45, 7) is 7.43. The van der Waals surface area contributed by atoms with E-state index in [1.54, 1.807) is 11.3 Å². The zero-order valence-electron chi connectivity index (χ0n) is 17.8. The molecule has 0 aromatic carbocycles. The Kier molecular flexibility index (Phi) is 5.64. The average molecular weight is 442 g/mol. The molecule has 4 nitrogen and oxygen atoms in total. The molecule has 166 valence electrons. The fourth-order valence-electron chi connectivity index (χ4n) is 4.70. The number of piperidine rings is 1. The second-order valence-electron chi connectivity index (χ2n) is 9.83. The smallest absolute Gasteiger partial charge is 0.380 e. The quantitative estimate of drug-likeness (QED) is 0.676. The van der Waals surface area contributed by atoms with Crippen molar-refractivity contribution in [2.75, 3.05) is 13.1 Å². The summed E-state index contributed by atoms with van der Waals surface area (Å²) >= 11 is 1.74. The average Bonchev–Trinajstić information content (AvgIpc) is 3.06. The number of likely N-dealkylation sites (tertiary alicyclic amines) is 1. The third-order valence-electron chi connectivity index (χ3n) is 6.93. The molecule has 8 heteroatoms. The van der Waals surface area contributed by atoms with Crippen molar-refractivity contribution >= 4 is 21.6 Å². The van der Waals surface area contributed by atoms with Gasteiger partial charge in [0.1, 0.15) is 10.7 Å². The fourth-order valence-corrected chi connectivity index (χ4v) is 5.97. The van der Waals surface area contributed by atoms with E-state index in [4.69, 9.17) is 0 Å². The SMILES string of the molecule is Cc1nc(CN2CCC(O)(C(F)(F)F)CC2)c2cc(C3CCC(C)(C)CC3)sc2n1. The lowest BCUT2D eigenvalue weighted by molar-refractivity contribution is -0.272. The molecule has 2 aromatic heterocycles. The molecule has 0 bridgehead atoms. The van der Waals surface area contributed by atoms with Crippen LogP contribution in [0.5, 0.6) is 0 Å². The van der Waals surface area contributed by atoms with Gasteiger partial charge in [0.15, 0.2) is 5.60 Å². The molecule has 2 aromatic rings. The normalized spacial score (nSPS) is 23.2. The van der Waals surface area contributed by atoms with Gasteiger partial charge in [0.25, 0.3) is 0 Å². The first kappa shape index (κ1) is 22.0. The molecule has 1 saturated heterocycles. The third-order valence-corrected chi connectivity index (χ3v) is 8.12. The predicted octanol–water partition coefficient (Wildman–Crippen LogP) is 5.57. The van der Waals surface area contributed by atoms with E-state index < -0.39 is 11.8 Å². The molecule has 2 aliphatic rings. The van der Waals surface area contributed by atoms with Crippen molar-refractivity contribution in [1.29, 1.82) is 0 Å². The standard InChI is InChI=1S/C22H30F3N3OS/c1-14-26-17(13-28-10-8-21(29,9-11-28)22(23,24)25)16-12-18(30-19(16)27-14)15-4-6-20(2,3)7-5-15/h12,15,29H,4-11,13H2,1-3H3. The van der Waals surface area contributed by atoms with Crippen LogP contribution in [0.3, 0.4) is 0 Å². The van der Waals surface area contributed by atoms with E-state index in [1.807, 2.05) is 11.8 Å². The van der Waals surface area contributed by atoms with Crippen LogP contribution >= 0.6 is 11.3 Å². The van der Waals surface area contributed by atoms with Crippen molar-refractivity contribution in [1.82, 2.24) is 14.9 Å². The summed E-state index contributed by atoms with van der Waals surface area (Å²) in [5.74, 6) is 1.25. The minimum absolute atomic E-state index is 0.204. The number of thiophene rings is 1. The Morgan fingerprint density at radius 3 is 2.37 bits per heavy atom. The van der Waals surface area contributed by atoms with Crippen LogP contribution in [0, 0.1) is 12.3 Å². The molecule has 2 fully saturated rings. The van der Waals surface area contributed by atoms with Gasteiger partial charge in [0.05, 0.1) is 5.69 Å². The second-order valence-corrected chi connectivity index (χ2v) is 10.9. The zero-order chi connectivity index (χ0) is 21.7. The molecule has 1 N–H and O–H groups in total. The van der Waals surface area contributed by atoms with Crippen molar-refractivity contribution in [2.45, 2.75) is 83.5 Å². The van der Waals surface area contributed by atoms with E-state index in [0.29, 0.717) is 23.7 Å². The maximum Gasteiger partial charge on any atom is 0.417 e. The van der Waals surface area contributed by atoms with Gasteiger partial charge in [-0.05, 0) is 62.8 Å². The summed E-state index contributed by atoms with van der Waals surface area (Å²) in [5.41, 5.74) is -1.26. The van der Waals surface area contributed by atoms with E-state index in [9.17, 15) is 18.3 Å². The van der Waals surface area contributed by atoms with Crippen LogP contribution < -0.4 is 0 Å². The number of halogens is 3. The van der Waals surface area contributed by atoms with Crippen LogP contribution in [0.15, 0.2) is 6.07 Å². The number of rotatable bonds is 3. The van der Waals surface area contributed by atoms with Gasteiger partial charge < -0.3 is 5.11 Å². The maximum atomic E-state index is 13.1. The van der Waals surface area contributed by atoms with Gasteiger partial charge in [-0.1, -0.05) is 13.8 Å². The molecular weight excluding hydrogens is 411 g/mol.